The fourth-order valence-corrected chi connectivity index (χ4v) is 2.27. The summed E-state index contributed by atoms with van der Waals surface area (Å²) in [6.07, 6.45) is 2.41. The smallest absolute Gasteiger partial charge is 0.333 e. The highest BCUT2D eigenvalue weighted by Crippen LogP contribution is 2.21. The number of ether oxygens (including phenoxy) is 4. The Kier molecular flexibility index (Phi) is 8.97. The highest BCUT2D eigenvalue weighted by atomic mass is 19.1. The lowest BCUT2D eigenvalue weighted by Crippen LogP contribution is -2.10. The molecule has 0 saturated carbocycles. The van der Waals surface area contributed by atoms with Crippen LogP contribution in [0, 0.1) is 5.82 Å². The van der Waals surface area contributed by atoms with Gasteiger partial charge in [-0.3, -0.25) is 9.59 Å². The standard InChI is InChI=1S/C23H21FO7/c1-3-17(25)14-28-21-11-5-16(13-20(21)24)6-12-23(27)31-19-9-7-18(8-10-19)29-15-30-22(26)4-2/h3-5,7-11,13H,1-2,6,12,14-15H2. The molecule has 0 fully saturated rings. The van der Waals surface area contributed by atoms with E-state index < -0.39 is 17.8 Å². The predicted molar refractivity (Wildman–Crippen MR) is 109 cm³/mol. The van der Waals surface area contributed by atoms with E-state index in [4.69, 9.17) is 18.9 Å². The van der Waals surface area contributed by atoms with Crippen LogP contribution < -0.4 is 14.2 Å². The van der Waals surface area contributed by atoms with Gasteiger partial charge in [0.25, 0.3) is 0 Å². The van der Waals surface area contributed by atoms with Crippen molar-refractivity contribution >= 4 is 17.7 Å². The quantitative estimate of drug-likeness (QED) is 0.221. The second-order valence-electron chi connectivity index (χ2n) is 6.10. The largest absolute Gasteiger partial charge is 0.482 e. The Morgan fingerprint density at radius 2 is 1.65 bits per heavy atom. The van der Waals surface area contributed by atoms with E-state index in [0.717, 1.165) is 12.2 Å². The lowest BCUT2D eigenvalue weighted by molar-refractivity contribution is -0.144. The molecular weight excluding hydrogens is 407 g/mol. The maximum absolute atomic E-state index is 14.0. The monoisotopic (exact) mass is 428 g/mol. The van der Waals surface area contributed by atoms with Crippen LogP contribution in [-0.4, -0.2) is 31.1 Å². The summed E-state index contributed by atoms with van der Waals surface area (Å²) in [6, 6.07) is 10.4. The van der Waals surface area contributed by atoms with Crippen LogP contribution in [0.4, 0.5) is 4.39 Å². The minimum absolute atomic E-state index is 0.0321. The summed E-state index contributed by atoms with van der Waals surface area (Å²) in [6.45, 7) is 6.01. The van der Waals surface area contributed by atoms with E-state index in [1.54, 1.807) is 18.2 Å². The van der Waals surface area contributed by atoms with Crippen LogP contribution in [0.1, 0.15) is 12.0 Å². The fraction of sp³-hybridized carbons (Fsp3) is 0.174. The van der Waals surface area contributed by atoms with E-state index in [1.165, 1.54) is 24.3 Å². The topological polar surface area (TPSA) is 88.1 Å². The van der Waals surface area contributed by atoms with Gasteiger partial charge in [0.05, 0.1) is 0 Å². The van der Waals surface area contributed by atoms with E-state index in [1.807, 2.05) is 0 Å². The fourth-order valence-electron chi connectivity index (χ4n) is 2.27. The zero-order valence-electron chi connectivity index (χ0n) is 16.7. The number of hydrogen-bond acceptors (Lipinski definition) is 7. The van der Waals surface area contributed by atoms with Crippen molar-refractivity contribution < 1.29 is 37.7 Å². The number of carbonyl (C=O) groups excluding carboxylic acids is 3. The average Bonchev–Trinajstić information content (AvgIpc) is 2.77. The van der Waals surface area contributed by atoms with Crippen LogP contribution in [0.25, 0.3) is 0 Å². The molecule has 0 aliphatic heterocycles. The summed E-state index contributed by atoms with van der Waals surface area (Å²) >= 11 is 0. The lowest BCUT2D eigenvalue weighted by atomic mass is 10.1. The summed E-state index contributed by atoms with van der Waals surface area (Å²) < 4.78 is 34.2. The first-order chi connectivity index (χ1) is 14.9. The van der Waals surface area contributed by atoms with Gasteiger partial charge in [-0.05, 0) is 54.5 Å². The number of rotatable bonds is 12. The van der Waals surface area contributed by atoms with Crippen LogP contribution in [0.15, 0.2) is 67.8 Å². The zero-order valence-corrected chi connectivity index (χ0v) is 16.7. The molecule has 0 amide bonds. The molecule has 0 N–H and O–H groups in total. The molecule has 0 heterocycles. The van der Waals surface area contributed by atoms with E-state index in [9.17, 15) is 18.8 Å². The third-order valence-corrected chi connectivity index (χ3v) is 3.86. The van der Waals surface area contributed by atoms with E-state index in [-0.39, 0.29) is 37.8 Å². The van der Waals surface area contributed by atoms with E-state index in [0.29, 0.717) is 17.1 Å². The molecule has 0 aliphatic rings. The minimum Gasteiger partial charge on any atom is -0.482 e. The first kappa shape index (κ1) is 23.3. The first-order valence-corrected chi connectivity index (χ1v) is 9.20. The van der Waals surface area contributed by atoms with Crippen LogP contribution in [-0.2, 0) is 25.5 Å². The highest BCUT2D eigenvalue weighted by molar-refractivity contribution is 5.90. The van der Waals surface area contributed by atoms with Crippen LogP contribution in [0.5, 0.6) is 17.2 Å². The molecule has 0 bridgehead atoms. The SMILES string of the molecule is C=CC(=O)COc1ccc(CCC(=O)Oc2ccc(OCOC(=O)C=C)cc2)cc1F. The van der Waals surface area contributed by atoms with Gasteiger partial charge in [0.1, 0.15) is 11.5 Å². The van der Waals surface area contributed by atoms with Gasteiger partial charge in [-0.15, -0.1) is 0 Å². The Morgan fingerprint density at radius 1 is 0.935 bits per heavy atom. The minimum atomic E-state index is -0.628. The van der Waals surface area contributed by atoms with Crippen molar-refractivity contribution in [1.82, 2.24) is 0 Å². The van der Waals surface area contributed by atoms with Crippen molar-refractivity contribution in [1.29, 1.82) is 0 Å². The number of carbonyl (C=O) groups is 3. The molecule has 0 spiro atoms. The molecule has 0 radical (unpaired) electrons. The number of halogens is 1. The first-order valence-electron chi connectivity index (χ1n) is 9.20. The zero-order chi connectivity index (χ0) is 22.6. The van der Waals surface area contributed by atoms with Gasteiger partial charge in [0.2, 0.25) is 6.79 Å². The van der Waals surface area contributed by atoms with Crippen LogP contribution in [0.2, 0.25) is 0 Å². The third-order valence-electron chi connectivity index (χ3n) is 3.86. The van der Waals surface area contributed by atoms with Gasteiger partial charge >= 0.3 is 11.9 Å². The number of benzene rings is 2. The van der Waals surface area contributed by atoms with Gasteiger partial charge in [-0.25, -0.2) is 9.18 Å². The molecule has 0 unspecified atom stereocenters. The molecule has 0 aliphatic carbocycles. The maximum atomic E-state index is 14.0. The van der Waals surface area contributed by atoms with Gasteiger partial charge in [0.15, 0.2) is 24.0 Å². The van der Waals surface area contributed by atoms with Crippen molar-refractivity contribution in [2.75, 3.05) is 13.4 Å². The molecule has 0 aromatic heterocycles. The van der Waals surface area contributed by atoms with Gasteiger partial charge in [-0.2, -0.15) is 0 Å². The number of esters is 2. The van der Waals surface area contributed by atoms with Crippen molar-refractivity contribution in [2.45, 2.75) is 12.8 Å². The molecule has 7 nitrogen and oxygen atoms in total. The molecule has 2 aromatic rings. The Balaban J connectivity index is 1.79. The van der Waals surface area contributed by atoms with E-state index >= 15 is 0 Å². The van der Waals surface area contributed by atoms with Gasteiger partial charge < -0.3 is 18.9 Å². The lowest BCUT2D eigenvalue weighted by Gasteiger charge is -2.09. The maximum Gasteiger partial charge on any atom is 0.333 e. The van der Waals surface area contributed by atoms with Gasteiger partial charge in [0, 0.05) is 12.5 Å². The summed E-state index contributed by atoms with van der Waals surface area (Å²) in [5.41, 5.74) is 0.578. The second-order valence-corrected chi connectivity index (χ2v) is 6.10. The Hall–Kier alpha value is -3.94. The summed E-state index contributed by atoms with van der Waals surface area (Å²) in [7, 11) is 0. The third kappa shape index (κ3) is 8.14. The Morgan fingerprint density at radius 3 is 2.29 bits per heavy atom. The van der Waals surface area contributed by atoms with Crippen molar-refractivity contribution in [3.63, 3.8) is 0 Å². The molecule has 162 valence electrons. The molecule has 2 aromatic carbocycles. The van der Waals surface area contributed by atoms with Crippen LogP contribution >= 0.6 is 0 Å². The molecule has 8 heteroatoms. The number of aryl methyl sites for hydroxylation is 1. The van der Waals surface area contributed by atoms with Crippen molar-refractivity contribution in [3.05, 3.63) is 79.2 Å². The summed E-state index contributed by atoms with van der Waals surface area (Å²) in [5, 5.41) is 0. The summed E-state index contributed by atoms with van der Waals surface area (Å²) in [4.78, 5) is 34.1. The van der Waals surface area contributed by atoms with Crippen LogP contribution in [0.3, 0.4) is 0 Å². The van der Waals surface area contributed by atoms with Crippen molar-refractivity contribution in [2.24, 2.45) is 0 Å². The molecule has 0 atom stereocenters. The highest BCUT2D eigenvalue weighted by Gasteiger charge is 2.10. The Bertz CT molecular complexity index is 951. The van der Waals surface area contributed by atoms with Gasteiger partial charge in [-0.1, -0.05) is 19.2 Å². The number of hydrogen-bond donors (Lipinski definition) is 0. The molecule has 2 rings (SSSR count). The van der Waals surface area contributed by atoms with Crippen molar-refractivity contribution in [3.8, 4) is 17.2 Å². The molecule has 0 saturated heterocycles. The Labute approximate surface area is 178 Å². The average molecular weight is 428 g/mol. The molecular formula is C23H21FO7. The summed E-state index contributed by atoms with van der Waals surface area (Å²) in [5.74, 6) is -1.41. The normalized spacial score (nSPS) is 9.97. The predicted octanol–water partition coefficient (Wildman–Crippen LogP) is 3.56. The molecule has 31 heavy (non-hydrogen) atoms. The number of ketones is 1. The second kappa shape index (κ2) is 11.9. The van der Waals surface area contributed by atoms with E-state index in [2.05, 4.69) is 13.2 Å².